The summed E-state index contributed by atoms with van der Waals surface area (Å²) in [7, 11) is -3.90. The molecule has 0 fully saturated rings. The number of nitrogens with zero attached hydrogens (tertiary/aromatic N) is 2. The molecule has 168 valence electrons. The van der Waals surface area contributed by atoms with Crippen molar-refractivity contribution in [1.29, 1.82) is 0 Å². The van der Waals surface area contributed by atoms with Crippen molar-refractivity contribution in [3.8, 4) is 0 Å². The SMILES string of the molecule is Cc1ccc2nc(NC(=O)[C@H](CC(C)C)NS(=O)(=O)c3ccc4nc(C)sc4c3)sc2c1. The van der Waals surface area contributed by atoms with Crippen LogP contribution in [0.3, 0.4) is 0 Å². The quantitative estimate of drug-likeness (QED) is 0.387. The fraction of sp³-hybridized carbons (Fsp3) is 0.318. The highest BCUT2D eigenvalue weighted by Gasteiger charge is 2.27. The van der Waals surface area contributed by atoms with Crippen LogP contribution < -0.4 is 10.0 Å². The van der Waals surface area contributed by atoms with Crippen LogP contribution >= 0.6 is 22.7 Å². The van der Waals surface area contributed by atoms with Gasteiger partial charge in [0.15, 0.2) is 5.13 Å². The van der Waals surface area contributed by atoms with E-state index in [0.29, 0.717) is 11.6 Å². The molecule has 32 heavy (non-hydrogen) atoms. The number of aryl methyl sites for hydroxylation is 2. The van der Waals surface area contributed by atoms with Crippen molar-refractivity contribution in [3.63, 3.8) is 0 Å². The Bertz CT molecular complexity index is 1410. The van der Waals surface area contributed by atoms with E-state index in [-0.39, 0.29) is 10.8 Å². The average Bonchev–Trinajstić information content (AvgIpc) is 3.27. The Morgan fingerprint density at radius 3 is 2.44 bits per heavy atom. The number of hydrogen-bond acceptors (Lipinski definition) is 7. The number of sulfonamides is 1. The number of fused-ring (bicyclic) bond motifs is 2. The van der Waals surface area contributed by atoms with E-state index in [1.165, 1.54) is 28.7 Å². The minimum absolute atomic E-state index is 0.109. The molecule has 0 aliphatic rings. The van der Waals surface area contributed by atoms with E-state index >= 15 is 0 Å². The highest BCUT2D eigenvalue weighted by molar-refractivity contribution is 7.89. The predicted octanol–water partition coefficient (Wildman–Crippen LogP) is 4.85. The van der Waals surface area contributed by atoms with Crippen LogP contribution in [0.4, 0.5) is 5.13 Å². The van der Waals surface area contributed by atoms with Crippen molar-refractivity contribution in [2.75, 3.05) is 5.32 Å². The van der Waals surface area contributed by atoms with E-state index in [1.807, 2.05) is 45.9 Å². The zero-order valence-corrected chi connectivity index (χ0v) is 20.6. The van der Waals surface area contributed by atoms with Crippen LogP contribution in [0.2, 0.25) is 0 Å². The van der Waals surface area contributed by atoms with Gasteiger partial charge in [-0.2, -0.15) is 4.72 Å². The van der Waals surface area contributed by atoms with Crippen LogP contribution in [0.15, 0.2) is 41.3 Å². The fourth-order valence-corrected chi connectivity index (χ4v) is 6.54. The van der Waals surface area contributed by atoms with Gasteiger partial charge in [0.05, 0.1) is 30.3 Å². The molecule has 4 aromatic rings. The Hall–Kier alpha value is -2.40. The summed E-state index contributed by atoms with van der Waals surface area (Å²) in [4.78, 5) is 22.0. The van der Waals surface area contributed by atoms with Gasteiger partial charge in [0.25, 0.3) is 0 Å². The second-order valence-corrected chi connectivity index (χ2v) is 12.1. The number of hydrogen-bond donors (Lipinski definition) is 2. The summed E-state index contributed by atoms with van der Waals surface area (Å²) < 4.78 is 30.5. The van der Waals surface area contributed by atoms with Gasteiger partial charge in [-0.1, -0.05) is 31.3 Å². The molecule has 2 aromatic carbocycles. The van der Waals surface area contributed by atoms with E-state index in [0.717, 1.165) is 31.0 Å². The van der Waals surface area contributed by atoms with Gasteiger partial charge in [-0.15, -0.1) is 11.3 Å². The summed E-state index contributed by atoms with van der Waals surface area (Å²) in [6, 6.07) is 9.76. The Morgan fingerprint density at radius 1 is 1.00 bits per heavy atom. The first kappa shape index (κ1) is 22.8. The molecule has 0 radical (unpaired) electrons. The zero-order valence-electron chi connectivity index (χ0n) is 18.2. The third-order valence-corrected chi connectivity index (χ3v) is 8.21. The predicted molar refractivity (Wildman–Crippen MR) is 131 cm³/mol. The summed E-state index contributed by atoms with van der Waals surface area (Å²) in [6.07, 6.45) is 0.358. The van der Waals surface area contributed by atoms with E-state index in [2.05, 4.69) is 20.0 Å². The van der Waals surface area contributed by atoms with Crippen LogP contribution in [-0.2, 0) is 14.8 Å². The molecule has 0 unspecified atom stereocenters. The van der Waals surface area contributed by atoms with Gasteiger partial charge in [0.1, 0.15) is 6.04 Å². The number of benzene rings is 2. The Balaban J connectivity index is 1.57. The zero-order chi connectivity index (χ0) is 23.0. The lowest BCUT2D eigenvalue weighted by Crippen LogP contribution is -2.44. The lowest BCUT2D eigenvalue weighted by atomic mass is 10.0. The van der Waals surface area contributed by atoms with Gasteiger partial charge in [-0.25, -0.2) is 18.4 Å². The van der Waals surface area contributed by atoms with Crippen molar-refractivity contribution in [1.82, 2.24) is 14.7 Å². The van der Waals surface area contributed by atoms with Crippen molar-refractivity contribution in [2.45, 2.75) is 45.1 Å². The molecule has 0 aliphatic carbocycles. The Morgan fingerprint density at radius 2 is 1.69 bits per heavy atom. The van der Waals surface area contributed by atoms with E-state index in [9.17, 15) is 13.2 Å². The molecule has 4 rings (SSSR count). The maximum Gasteiger partial charge on any atom is 0.244 e. The normalized spacial score (nSPS) is 13.2. The smallest absolute Gasteiger partial charge is 0.244 e. The molecule has 0 saturated carbocycles. The number of rotatable bonds is 7. The second kappa shape index (κ2) is 8.86. The highest BCUT2D eigenvalue weighted by Crippen LogP contribution is 2.28. The Kier molecular flexibility index (Phi) is 6.30. The largest absolute Gasteiger partial charge is 0.301 e. The van der Waals surface area contributed by atoms with E-state index < -0.39 is 22.0 Å². The molecule has 0 spiro atoms. The summed E-state index contributed by atoms with van der Waals surface area (Å²) in [6.45, 7) is 7.77. The minimum Gasteiger partial charge on any atom is -0.301 e. The molecule has 0 saturated heterocycles. The third kappa shape index (κ3) is 4.98. The number of carbonyl (C=O) groups excluding carboxylic acids is 1. The van der Waals surface area contributed by atoms with Gasteiger partial charge in [0.2, 0.25) is 15.9 Å². The van der Waals surface area contributed by atoms with Crippen molar-refractivity contribution in [3.05, 3.63) is 47.0 Å². The number of thiazole rings is 2. The third-order valence-electron chi connectivity index (χ3n) is 4.87. The van der Waals surface area contributed by atoms with Gasteiger partial charge >= 0.3 is 0 Å². The lowest BCUT2D eigenvalue weighted by molar-refractivity contribution is -0.118. The average molecular weight is 489 g/mol. The molecule has 7 nitrogen and oxygen atoms in total. The molecule has 10 heteroatoms. The van der Waals surface area contributed by atoms with Gasteiger partial charge in [0, 0.05) is 0 Å². The monoisotopic (exact) mass is 488 g/mol. The van der Waals surface area contributed by atoms with Gasteiger partial charge in [-0.3, -0.25) is 4.79 Å². The summed E-state index contributed by atoms with van der Waals surface area (Å²) in [5.74, 6) is -0.314. The highest BCUT2D eigenvalue weighted by atomic mass is 32.2. The minimum atomic E-state index is -3.90. The fourth-order valence-electron chi connectivity index (χ4n) is 3.40. The van der Waals surface area contributed by atoms with Crippen LogP contribution in [0.1, 0.15) is 30.8 Å². The van der Waals surface area contributed by atoms with Crippen LogP contribution in [-0.4, -0.2) is 30.3 Å². The van der Waals surface area contributed by atoms with Crippen molar-refractivity contribution < 1.29 is 13.2 Å². The lowest BCUT2D eigenvalue weighted by Gasteiger charge is -2.19. The molecule has 2 N–H and O–H groups in total. The molecule has 0 aliphatic heterocycles. The standard InChI is InChI=1S/C22H24N4O3S3/c1-12(2)9-18(21(27)25-22-24-17-7-5-13(3)10-19(17)31-22)26-32(28,29)15-6-8-16-20(11-15)30-14(4)23-16/h5-8,10-12,18,26H,9H2,1-4H3,(H,24,25,27)/t18-/m0/s1. The van der Waals surface area contributed by atoms with Gasteiger partial charge < -0.3 is 5.32 Å². The summed E-state index contributed by atoms with van der Waals surface area (Å²) in [5.41, 5.74) is 2.66. The summed E-state index contributed by atoms with van der Waals surface area (Å²) >= 11 is 2.80. The van der Waals surface area contributed by atoms with Crippen LogP contribution in [0.25, 0.3) is 20.4 Å². The topological polar surface area (TPSA) is 101 Å². The Labute approximate surface area is 195 Å². The number of carbonyl (C=O) groups is 1. The van der Waals surface area contributed by atoms with E-state index in [4.69, 9.17) is 0 Å². The molecule has 1 atom stereocenters. The molecular formula is C22H24N4O3S3. The maximum absolute atomic E-state index is 13.1. The second-order valence-electron chi connectivity index (χ2n) is 8.15. The van der Waals surface area contributed by atoms with E-state index in [1.54, 1.807) is 12.1 Å². The first-order chi connectivity index (χ1) is 15.1. The first-order valence-electron chi connectivity index (χ1n) is 10.2. The molecular weight excluding hydrogens is 464 g/mol. The van der Waals surface area contributed by atoms with Gasteiger partial charge in [-0.05, 0) is 62.1 Å². The number of anilines is 1. The number of aromatic nitrogens is 2. The molecule has 0 bridgehead atoms. The van der Waals surface area contributed by atoms with Crippen molar-refractivity contribution >= 4 is 64.2 Å². The number of nitrogens with one attached hydrogen (secondary N) is 2. The molecule has 2 heterocycles. The molecule has 2 aromatic heterocycles. The first-order valence-corrected chi connectivity index (χ1v) is 13.3. The molecule has 1 amide bonds. The summed E-state index contributed by atoms with van der Waals surface area (Å²) in [5, 5.41) is 4.11. The van der Waals surface area contributed by atoms with Crippen LogP contribution in [0, 0.1) is 19.8 Å². The van der Waals surface area contributed by atoms with Crippen molar-refractivity contribution in [2.24, 2.45) is 5.92 Å². The maximum atomic E-state index is 13.1. The van der Waals surface area contributed by atoms with Crippen LogP contribution in [0.5, 0.6) is 0 Å². The number of amides is 1.